The van der Waals surface area contributed by atoms with Gasteiger partial charge in [0.1, 0.15) is 24.4 Å². The Balaban J connectivity index is 1.21. The quantitative estimate of drug-likeness (QED) is 0.252. The molecule has 0 bridgehead atoms. The fourth-order valence-electron chi connectivity index (χ4n) is 6.43. The number of nitrogens with zero attached hydrogens (tertiary/aromatic N) is 2. The van der Waals surface area contributed by atoms with Crippen LogP contribution in [0.15, 0.2) is 24.3 Å². The molecule has 10 nitrogen and oxygen atoms in total. The highest BCUT2D eigenvalue weighted by Gasteiger charge is 2.45. The Bertz CT molecular complexity index is 1180. The Morgan fingerprint density at radius 1 is 1.20 bits per heavy atom. The van der Waals surface area contributed by atoms with Gasteiger partial charge in [0, 0.05) is 49.3 Å². The first-order valence-electron chi connectivity index (χ1n) is 14.9. The zero-order chi connectivity index (χ0) is 29.1. The van der Waals surface area contributed by atoms with Gasteiger partial charge in [-0.3, -0.25) is 5.10 Å². The summed E-state index contributed by atoms with van der Waals surface area (Å²) in [5.41, 5.74) is 5.71. The summed E-state index contributed by atoms with van der Waals surface area (Å²) in [4.78, 5) is 2.56. The van der Waals surface area contributed by atoms with Crippen LogP contribution in [0.3, 0.4) is 0 Å². The van der Waals surface area contributed by atoms with Crippen molar-refractivity contribution in [1.82, 2.24) is 20.4 Å². The van der Waals surface area contributed by atoms with E-state index in [9.17, 15) is 20.4 Å². The van der Waals surface area contributed by atoms with E-state index in [2.05, 4.69) is 71.5 Å². The fourth-order valence-corrected chi connectivity index (χ4v) is 6.43. The molecule has 1 aromatic heterocycles. The monoisotopic (exact) mass is 570 g/mol. The van der Waals surface area contributed by atoms with Gasteiger partial charge in [0.2, 0.25) is 12.2 Å². The first-order chi connectivity index (χ1) is 19.7. The number of aliphatic hydroxyl groups excluding tert-OH is 4. The van der Waals surface area contributed by atoms with Crippen molar-refractivity contribution in [2.45, 2.75) is 83.1 Å². The minimum absolute atomic E-state index is 0.142. The van der Waals surface area contributed by atoms with E-state index in [1.54, 1.807) is 0 Å². The minimum Gasteiger partial charge on any atom is -0.443 e. The number of rotatable bonds is 10. The van der Waals surface area contributed by atoms with Crippen LogP contribution in [0.4, 0.5) is 0 Å². The number of hydrogen-bond donors (Lipinski definition) is 6. The number of aromatic amines is 1. The van der Waals surface area contributed by atoms with Crippen LogP contribution in [0.25, 0.3) is 6.08 Å². The normalized spacial score (nSPS) is 28.4. The highest BCUT2D eigenvalue weighted by atomic mass is 16.7. The molecule has 3 aliphatic heterocycles. The summed E-state index contributed by atoms with van der Waals surface area (Å²) >= 11 is 0. The second-order valence-corrected chi connectivity index (χ2v) is 12.4. The van der Waals surface area contributed by atoms with E-state index in [4.69, 9.17) is 9.47 Å². The molecule has 6 N–H and O–H groups in total. The maximum atomic E-state index is 10.5. The van der Waals surface area contributed by atoms with Gasteiger partial charge >= 0.3 is 0 Å². The summed E-state index contributed by atoms with van der Waals surface area (Å²) in [5.74, 6) is 0.404. The molecule has 3 saturated heterocycles. The number of aryl methyl sites for hydroxylation is 1. The third kappa shape index (κ3) is 6.69. The third-order valence-electron chi connectivity index (χ3n) is 8.85. The average Bonchev–Trinajstić information content (AvgIpc) is 3.34. The topological polar surface area (TPSA) is 143 Å². The van der Waals surface area contributed by atoms with Gasteiger partial charge in [0.15, 0.2) is 0 Å². The van der Waals surface area contributed by atoms with Crippen LogP contribution in [0, 0.1) is 12.3 Å². The van der Waals surface area contributed by atoms with Crippen LogP contribution in [-0.2, 0) is 11.2 Å². The van der Waals surface area contributed by atoms with Gasteiger partial charge in [-0.15, -0.1) is 5.10 Å². The number of aromatic nitrogens is 2. The van der Waals surface area contributed by atoms with Gasteiger partial charge in [0.25, 0.3) is 0 Å². The van der Waals surface area contributed by atoms with Crippen LogP contribution in [0.1, 0.15) is 67.0 Å². The fraction of sp³-hybridized carbons (Fsp3) is 0.645. The lowest BCUT2D eigenvalue weighted by Gasteiger charge is -2.52. The molecule has 0 saturated carbocycles. The van der Waals surface area contributed by atoms with E-state index in [1.807, 2.05) is 0 Å². The van der Waals surface area contributed by atoms with E-state index in [0.29, 0.717) is 11.8 Å². The molecule has 3 fully saturated rings. The Hall–Kier alpha value is -2.31. The Kier molecular flexibility index (Phi) is 9.50. The van der Waals surface area contributed by atoms with Crippen LogP contribution in [0.2, 0.25) is 0 Å². The average molecular weight is 571 g/mol. The highest BCUT2D eigenvalue weighted by Crippen LogP contribution is 2.36. The minimum atomic E-state index is -1.52. The predicted molar refractivity (Wildman–Crippen MR) is 156 cm³/mol. The van der Waals surface area contributed by atoms with Crippen LogP contribution < -0.4 is 10.1 Å². The summed E-state index contributed by atoms with van der Waals surface area (Å²) in [6.07, 6.45) is 1.90. The van der Waals surface area contributed by atoms with E-state index < -0.39 is 37.3 Å². The molecule has 1 aromatic carbocycles. The maximum Gasteiger partial charge on any atom is 0.238 e. The summed E-state index contributed by atoms with van der Waals surface area (Å²) in [6.45, 7) is 11.6. The standard InChI is InChI=1S/C31H46N4O6/c1-19(2)25-23(29(34-33-25)41-30-28(39)27(38)26(37)24(15-36)40-30)14-22-9-8-21(13-20(22)3)7-4-5-12-35-17-31(18-35)10-6-11-32-16-31/h4,7-9,13,19,24,26-28,30,32,36-39H,5-6,10-12,14-18H2,1-3H3,(H,33,34)/b7-4+/t24-,26-,27+,28-,30-/m1/s1. The number of aliphatic hydroxyl groups is 4. The van der Waals surface area contributed by atoms with Crippen molar-refractivity contribution >= 4 is 6.08 Å². The summed E-state index contributed by atoms with van der Waals surface area (Å²) < 4.78 is 11.5. The maximum absolute atomic E-state index is 10.5. The van der Waals surface area contributed by atoms with E-state index >= 15 is 0 Å². The van der Waals surface area contributed by atoms with Crippen LogP contribution in [-0.4, -0.2) is 106 Å². The molecule has 0 aliphatic carbocycles. The third-order valence-corrected chi connectivity index (χ3v) is 8.85. The second kappa shape index (κ2) is 12.9. The van der Waals surface area contributed by atoms with Crippen LogP contribution in [0.5, 0.6) is 5.88 Å². The molecule has 10 heteroatoms. The number of piperidine rings is 1. The molecule has 41 heavy (non-hydrogen) atoms. The molecule has 226 valence electrons. The molecule has 0 unspecified atom stereocenters. The van der Waals surface area contributed by atoms with Crippen molar-refractivity contribution < 1.29 is 29.9 Å². The van der Waals surface area contributed by atoms with Crippen molar-refractivity contribution in [1.29, 1.82) is 0 Å². The predicted octanol–water partition coefficient (Wildman–Crippen LogP) is 1.70. The molecule has 5 rings (SSSR count). The smallest absolute Gasteiger partial charge is 0.238 e. The molecule has 3 aliphatic rings. The highest BCUT2D eigenvalue weighted by molar-refractivity contribution is 5.52. The van der Waals surface area contributed by atoms with E-state index in [1.165, 1.54) is 39.0 Å². The molecule has 2 aromatic rings. The molecular weight excluding hydrogens is 524 g/mol. The Labute approximate surface area is 242 Å². The zero-order valence-corrected chi connectivity index (χ0v) is 24.4. The first-order valence-corrected chi connectivity index (χ1v) is 14.9. The lowest BCUT2D eigenvalue weighted by Crippen LogP contribution is -2.62. The Morgan fingerprint density at radius 2 is 2.00 bits per heavy atom. The van der Waals surface area contributed by atoms with Crippen LogP contribution >= 0.6 is 0 Å². The van der Waals surface area contributed by atoms with Crippen molar-refractivity contribution in [3.63, 3.8) is 0 Å². The van der Waals surface area contributed by atoms with Crippen molar-refractivity contribution in [3.05, 3.63) is 52.2 Å². The lowest BCUT2D eigenvalue weighted by atomic mass is 9.74. The Morgan fingerprint density at radius 3 is 2.68 bits per heavy atom. The number of H-pyrrole nitrogens is 1. The molecular formula is C31H46N4O6. The zero-order valence-electron chi connectivity index (χ0n) is 24.4. The number of nitrogens with one attached hydrogen (secondary N) is 2. The SMILES string of the molecule is Cc1cc(/C=C/CCN2CC3(CCCNC3)C2)ccc1Cc1c(O[C@H]2O[C@H](CO)[C@@H](O)[C@H](O)[C@H]2O)n[nH]c1C(C)C. The lowest BCUT2D eigenvalue weighted by molar-refractivity contribution is -0.278. The molecule has 0 radical (unpaired) electrons. The van der Waals surface area contributed by atoms with Gasteiger partial charge in [-0.2, -0.15) is 0 Å². The molecule has 5 atom stereocenters. The summed E-state index contributed by atoms with van der Waals surface area (Å²) in [7, 11) is 0. The van der Waals surface area contributed by atoms with Gasteiger partial charge < -0.3 is 40.1 Å². The largest absolute Gasteiger partial charge is 0.443 e. The molecule has 4 heterocycles. The number of likely N-dealkylation sites (tertiary alicyclic amines) is 1. The number of ether oxygens (including phenoxy) is 2. The van der Waals surface area contributed by atoms with Gasteiger partial charge in [-0.05, 0) is 55.3 Å². The van der Waals surface area contributed by atoms with Crippen molar-refractivity contribution in [2.75, 3.05) is 39.3 Å². The van der Waals surface area contributed by atoms with E-state index in [0.717, 1.165) is 40.9 Å². The number of benzene rings is 1. The summed E-state index contributed by atoms with van der Waals surface area (Å²) in [6, 6.07) is 6.43. The van der Waals surface area contributed by atoms with Crippen molar-refractivity contribution in [3.8, 4) is 5.88 Å². The van der Waals surface area contributed by atoms with Gasteiger partial charge in [0.05, 0.1) is 6.61 Å². The van der Waals surface area contributed by atoms with Gasteiger partial charge in [-0.1, -0.05) is 44.2 Å². The van der Waals surface area contributed by atoms with E-state index in [-0.39, 0.29) is 11.8 Å². The molecule has 1 spiro atoms. The summed E-state index contributed by atoms with van der Waals surface area (Å²) in [5, 5.41) is 51.2. The van der Waals surface area contributed by atoms with Crippen molar-refractivity contribution in [2.24, 2.45) is 5.41 Å². The first kappa shape index (κ1) is 30.2. The van der Waals surface area contributed by atoms with Gasteiger partial charge in [-0.25, -0.2) is 0 Å². The second-order valence-electron chi connectivity index (χ2n) is 12.4. The molecule has 0 amide bonds. The number of hydrogen-bond acceptors (Lipinski definition) is 9.